The molecule has 0 heterocycles. The summed E-state index contributed by atoms with van der Waals surface area (Å²) in [5.41, 5.74) is 2.27. The van der Waals surface area contributed by atoms with Crippen molar-refractivity contribution in [3.63, 3.8) is 0 Å². The predicted octanol–water partition coefficient (Wildman–Crippen LogP) is 4.11. The number of carbonyl (C=O) groups excluding carboxylic acids is 1. The second kappa shape index (κ2) is 8.46. The van der Waals surface area contributed by atoms with E-state index in [-0.39, 0.29) is 16.6 Å². The minimum Gasteiger partial charge on any atom is -0.325 e. The Morgan fingerprint density at radius 3 is 2.37 bits per heavy atom. The predicted molar refractivity (Wildman–Crippen MR) is 112 cm³/mol. The highest BCUT2D eigenvalue weighted by molar-refractivity contribution is 8.00. The van der Waals surface area contributed by atoms with Gasteiger partial charge in [-0.05, 0) is 76.1 Å². The van der Waals surface area contributed by atoms with Gasteiger partial charge in [-0.3, -0.25) is 4.79 Å². The summed E-state index contributed by atoms with van der Waals surface area (Å²) in [4.78, 5) is 13.4. The van der Waals surface area contributed by atoms with Gasteiger partial charge in [0.25, 0.3) is 0 Å². The van der Waals surface area contributed by atoms with Gasteiger partial charge in [-0.25, -0.2) is 13.1 Å². The Morgan fingerprint density at radius 2 is 1.74 bits per heavy atom. The normalized spacial score (nSPS) is 12.0. The molecular weight excluding hydrogens is 380 g/mol. The van der Waals surface area contributed by atoms with E-state index in [9.17, 15) is 13.2 Å². The molecule has 2 aromatic carbocycles. The zero-order valence-corrected chi connectivity index (χ0v) is 17.9. The largest absolute Gasteiger partial charge is 0.325 e. The SMILES string of the molecule is Cc1ccc(SCC(=O)Nc2cccc(S(=O)(=O)NC(C)(C)C)c2)cc1C. The van der Waals surface area contributed by atoms with Crippen molar-refractivity contribution in [3.8, 4) is 0 Å². The third-order valence-electron chi connectivity index (χ3n) is 3.72. The molecule has 146 valence electrons. The van der Waals surface area contributed by atoms with Crippen molar-refractivity contribution in [1.29, 1.82) is 0 Å². The smallest absolute Gasteiger partial charge is 0.241 e. The number of hydrogen-bond donors (Lipinski definition) is 2. The van der Waals surface area contributed by atoms with Gasteiger partial charge in [0.1, 0.15) is 0 Å². The zero-order chi connectivity index (χ0) is 20.2. The molecule has 0 saturated heterocycles. The molecule has 0 radical (unpaired) electrons. The molecule has 0 atom stereocenters. The lowest BCUT2D eigenvalue weighted by Gasteiger charge is -2.20. The van der Waals surface area contributed by atoms with E-state index in [1.807, 2.05) is 26.0 Å². The zero-order valence-electron chi connectivity index (χ0n) is 16.3. The Labute approximate surface area is 166 Å². The minimum atomic E-state index is -3.65. The fourth-order valence-electron chi connectivity index (χ4n) is 2.35. The molecule has 0 aliphatic rings. The quantitative estimate of drug-likeness (QED) is 0.708. The van der Waals surface area contributed by atoms with E-state index < -0.39 is 15.6 Å². The highest BCUT2D eigenvalue weighted by Crippen LogP contribution is 2.22. The summed E-state index contributed by atoms with van der Waals surface area (Å²) in [6.07, 6.45) is 0. The van der Waals surface area contributed by atoms with Crippen LogP contribution in [0.25, 0.3) is 0 Å². The van der Waals surface area contributed by atoms with Gasteiger partial charge < -0.3 is 5.32 Å². The fourth-order valence-corrected chi connectivity index (χ4v) is 4.61. The number of benzene rings is 2. The summed E-state index contributed by atoms with van der Waals surface area (Å²) in [5, 5.41) is 2.76. The maximum atomic E-state index is 12.4. The summed E-state index contributed by atoms with van der Waals surface area (Å²) < 4.78 is 27.5. The summed E-state index contributed by atoms with van der Waals surface area (Å²) in [6, 6.07) is 12.3. The Kier molecular flexibility index (Phi) is 6.72. The number of amides is 1. The van der Waals surface area contributed by atoms with Crippen molar-refractivity contribution in [2.45, 2.75) is 49.9 Å². The van der Waals surface area contributed by atoms with E-state index in [2.05, 4.69) is 16.1 Å². The third-order valence-corrected chi connectivity index (χ3v) is 6.47. The van der Waals surface area contributed by atoms with Gasteiger partial charge in [0, 0.05) is 16.1 Å². The molecule has 0 aliphatic heterocycles. The van der Waals surface area contributed by atoms with Crippen LogP contribution in [0.3, 0.4) is 0 Å². The Morgan fingerprint density at radius 1 is 1.04 bits per heavy atom. The number of anilines is 1. The topological polar surface area (TPSA) is 75.3 Å². The van der Waals surface area contributed by atoms with Crippen LogP contribution in [0.1, 0.15) is 31.9 Å². The lowest BCUT2D eigenvalue weighted by molar-refractivity contribution is -0.113. The second-order valence-corrected chi connectivity index (χ2v) is 10.2. The molecule has 7 heteroatoms. The third kappa shape index (κ3) is 6.68. The summed E-state index contributed by atoms with van der Waals surface area (Å²) >= 11 is 1.45. The van der Waals surface area contributed by atoms with Crippen LogP contribution in [0, 0.1) is 13.8 Å². The molecule has 0 spiro atoms. The number of aryl methyl sites for hydroxylation is 2. The standard InChI is InChI=1S/C20H26N2O3S2/c1-14-9-10-17(11-15(14)2)26-13-19(23)21-16-7-6-8-18(12-16)27(24,25)22-20(3,4)5/h6-12,22H,13H2,1-5H3,(H,21,23). The van der Waals surface area contributed by atoms with Crippen LogP contribution in [0.2, 0.25) is 0 Å². The first-order chi connectivity index (χ1) is 12.5. The van der Waals surface area contributed by atoms with Crippen LogP contribution in [0.15, 0.2) is 52.3 Å². The minimum absolute atomic E-state index is 0.122. The van der Waals surface area contributed by atoms with E-state index in [1.165, 1.54) is 35.0 Å². The lowest BCUT2D eigenvalue weighted by atomic mass is 10.1. The van der Waals surface area contributed by atoms with Crippen molar-refractivity contribution in [1.82, 2.24) is 4.72 Å². The van der Waals surface area contributed by atoms with Gasteiger partial charge in [-0.1, -0.05) is 12.1 Å². The monoisotopic (exact) mass is 406 g/mol. The van der Waals surface area contributed by atoms with Crippen molar-refractivity contribution >= 4 is 33.4 Å². The maximum absolute atomic E-state index is 12.4. The fraction of sp³-hybridized carbons (Fsp3) is 0.350. The first-order valence-electron chi connectivity index (χ1n) is 8.60. The van der Waals surface area contributed by atoms with Crippen LogP contribution >= 0.6 is 11.8 Å². The molecule has 0 fully saturated rings. The molecule has 0 unspecified atom stereocenters. The van der Waals surface area contributed by atoms with E-state index in [0.29, 0.717) is 5.69 Å². The number of hydrogen-bond acceptors (Lipinski definition) is 4. The van der Waals surface area contributed by atoms with E-state index in [1.54, 1.807) is 32.9 Å². The molecule has 0 aliphatic carbocycles. The van der Waals surface area contributed by atoms with E-state index >= 15 is 0 Å². The number of carbonyl (C=O) groups is 1. The van der Waals surface area contributed by atoms with Gasteiger partial charge in [-0.2, -0.15) is 0 Å². The highest BCUT2D eigenvalue weighted by atomic mass is 32.2. The van der Waals surface area contributed by atoms with Crippen LogP contribution in [-0.2, 0) is 14.8 Å². The summed E-state index contributed by atoms with van der Waals surface area (Å²) in [5.74, 6) is 0.0660. The number of rotatable bonds is 6. The molecule has 0 aromatic heterocycles. The Hall–Kier alpha value is -1.83. The number of thioether (sulfide) groups is 1. The average Bonchev–Trinajstić information content (AvgIpc) is 2.54. The first kappa shape index (κ1) is 21.5. The molecule has 2 N–H and O–H groups in total. The highest BCUT2D eigenvalue weighted by Gasteiger charge is 2.22. The number of nitrogens with one attached hydrogen (secondary N) is 2. The first-order valence-corrected chi connectivity index (χ1v) is 11.1. The van der Waals surface area contributed by atoms with Gasteiger partial charge in [0.2, 0.25) is 15.9 Å². The molecule has 0 saturated carbocycles. The molecule has 5 nitrogen and oxygen atoms in total. The van der Waals surface area contributed by atoms with Gasteiger partial charge in [0.15, 0.2) is 0 Å². The van der Waals surface area contributed by atoms with Crippen LogP contribution < -0.4 is 10.0 Å². The van der Waals surface area contributed by atoms with E-state index in [4.69, 9.17) is 0 Å². The summed E-state index contributed by atoms with van der Waals surface area (Å²) in [6.45, 7) is 9.42. The Bertz CT molecular complexity index is 932. The molecule has 1 amide bonds. The lowest BCUT2D eigenvalue weighted by Crippen LogP contribution is -2.40. The van der Waals surface area contributed by atoms with Crippen molar-refractivity contribution in [2.75, 3.05) is 11.1 Å². The molecular formula is C20H26N2O3S2. The van der Waals surface area contributed by atoms with Gasteiger partial charge in [0.05, 0.1) is 10.6 Å². The van der Waals surface area contributed by atoms with E-state index in [0.717, 1.165) is 4.90 Å². The van der Waals surface area contributed by atoms with Crippen molar-refractivity contribution in [2.24, 2.45) is 0 Å². The van der Waals surface area contributed by atoms with Crippen LogP contribution in [-0.4, -0.2) is 25.6 Å². The van der Waals surface area contributed by atoms with Crippen molar-refractivity contribution in [3.05, 3.63) is 53.6 Å². The average molecular weight is 407 g/mol. The van der Waals surface area contributed by atoms with Crippen molar-refractivity contribution < 1.29 is 13.2 Å². The molecule has 2 aromatic rings. The van der Waals surface area contributed by atoms with Crippen LogP contribution in [0.5, 0.6) is 0 Å². The van der Waals surface area contributed by atoms with Gasteiger partial charge in [-0.15, -0.1) is 11.8 Å². The molecule has 2 rings (SSSR count). The molecule has 0 bridgehead atoms. The van der Waals surface area contributed by atoms with Crippen LogP contribution in [0.4, 0.5) is 5.69 Å². The Balaban J connectivity index is 2.03. The van der Waals surface area contributed by atoms with Gasteiger partial charge >= 0.3 is 0 Å². The maximum Gasteiger partial charge on any atom is 0.241 e. The molecule has 27 heavy (non-hydrogen) atoms. The summed E-state index contributed by atoms with van der Waals surface area (Å²) in [7, 11) is -3.65. The number of sulfonamides is 1. The second-order valence-electron chi connectivity index (χ2n) is 7.47.